The van der Waals surface area contributed by atoms with E-state index in [0.29, 0.717) is 31.9 Å². The monoisotopic (exact) mass is 317 g/mol. The Hall–Kier alpha value is -2.41. The zero-order chi connectivity index (χ0) is 15.5. The van der Waals surface area contributed by atoms with Crippen molar-refractivity contribution in [1.29, 1.82) is 0 Å². The van der Waals surface area contributed by atoms with Gasteiger partial charge >= 0.3 is 6.09 Å². The van der Waals surface area contributed by atoms with E-state index in [-0.39, 0.29) is 5.91 Å². The number of nitrogens with zero attached hydrogens (tertiary/aromatic N) is 3. The van der Waals surface area contributed by atoms with Crippen molar-refractivity contribution in [2.45, 2.75) is 0 Å². The minimum absolute atomic E-state index is 0.136. The van der Waals surface area contributed by atoms with Crippen LogP contribution in [0.15, 0.2) is 35.7 Å². The maximum absolute atomic E-state index is 12.4. The Morgan fingerprint density at radius 3 is 2.32 bits per heavy atom. The number of aromatic nitrogens is 1. The van der Waals surface area contributed by atoms with Gasteiger partial charge in [0.25, 0.3) is 5.91 Å². The number of carbonyl (C=O) groups is 2. The zero-order valence-electron chi connectivity index (χ0n) is 11.8. The molecule has 0 bridgehead atoms. The lowest BCUT2D eigenvalue weighted by Gasteiger charge is -2.32. The highest BCUT2D eigenvalue weighted by atomic mass is 32.1. The summed E-state index contributed by atoms with van der Waals surface area (Å²) in [6, 6.07) is 9.72. The summed E-state index contributed by atoms with van der Waals surface area (Å²) in [5.74, 6) is -0.136. The molecule has 0 radical (unpaired) electrons. The third kappa shape index (κ3) is 2.94. The van der Waals surface area contributed by atoms with Crippen molar-refractivity contribution in [3.05, 3.63) is 41.4 Å². The molecule has 0 unspecified atom stereocenters. The normalized spacial score (nSPS) is 14.9. The third-order valence-electron chi connectivity index (χ3n) is 3.58. The van der Waals surface area contributed by atoms with Gasteiger partial charge in [0.1, 0.15) is 10.7 Å². The molecule has 7 heteroatoms. The lowest BCUT2D eigenvalue weighted by Crippen LogP contribution is -2.50. The van der Waals surface area contributed by atoms with Gasteiger partial charge in [-0.3, -0.25) is 4.79 Å². The van der Waals surface area contributed by atoms with Crippen molar-refractivity contribution in [3.63, 3.8) is 0 Å². The van der Waals surface area contributed by atoms with E-state index >= 15 is 0 Å². The highest BCUT2D eigenvalue weighted by Gasteiger charge is 2.25. The van der Waals surface area contributed by atoms with Gasteiger partial charge < -0.3 is 14.9 Å². The first-order valence-corrected chi connectivity index (χ1v) is 7.81. The summed E-state index contributed by atoms with van der Waals surface area (Å²) in [5, 5.41) is 11.5. The van der Waals surface area contributed by atoms with Gasteiger partial charge in [0.2, 0.25) is 0 Å². The summed E-state index contributed by atoms with van der Waals surface area (Å²) in [6.45, 7) is 1.50. The maximum Gasteiger partial charge on any atom is 0.407 e. The van der Waals surface area contributed by atoms with E-state index in [2.05, 4.69) is 4.98 Å². The van der Waals surface area contributed by atoms with Crippen LogP contribution >= 0.6 is 11.3 Å². The van der Waals surface area contributed by atoms with Gasteiger partial charge in [0.05, 0.1) is 0 Å². The number of benzene rings is 1. The van der Waals surface area contributed by atoms with Crippen LogP contribution in [0.1, 0.15) is 10.5 Å². The highest BCUT2D eigenvalue weighted by Crippen LogP contribution is 2.24. The molecule has 1 fully saturated rings. The van der Waals surface area contributed by atoms with Crippen molar-refractivity contribution < 1.29 is 14.7 Å². The number of hydrogen-bond acceptors (Lipinski definition) is 4. The molecule has 0 atom stereocenters. The third-order valence-corrected chi connectivity index (χ3v) is 4.47. The summed E-state index contributed by atoms with van der Waals surface area (Å²) in [4.78, 5) is 30.7. The molecular formula is C15H15N3O3S. The van der Waals surface area contributed by atoms with Crippen LogP contribution in [-0.2, 0) is 0 Å². The molecule has 1 aromatic carbocycles. The van der Waals surface area contributed by atoms with Crippen LogP contribution in [0.5, 0.6) is 0 Å². The molecule has 2 aromatic rings. The largest absolute Gasteiger partial charge is 0.465 e. The van der Waals surface area contributed by atoms with Gasteiger partial charge in [-0.2, -0.15) is 0 Å². The first-order valence-electron chi connectivity index (χ1n) is 6.93. The SMILES string of the molecule is O=C(O)N1CCN(C(=O)c2csc(-c3ccccc3)n2)CC1. The van der Waals surface area contributed by atoms with Crippen LogP contribution in [-0.4, -0.2) is 58.1 Å². The number of amides is 2. The second-order valence-electron chi connectivity index (χ2n) is 4.97. The molecule has 3 rings (SSSR count). The standard InChI is InChI=1S/C15H15N3O3S/c19-14(17-6-8-18(9-7-17)15(20)21)12-10-22-13(16-12)11-4-2-1-3-5-11/h1-5,10H,6-9H2,(H,20,21). The number of piperazine rings is 1. The lowest BCUT2D eigenvalue weighted by atomic mass is 10.2. The molecule has 2 heterocycles. The smallest absolute Gasteiger partial charge is 0.407 e. The van der Waals surface area contributed by atoms with Crippen molar-refractivity contribution in [3.8, 4) is 10.6 Å². The molecular weight excluding hydrogens is 302 g/mol. The van der Waals surface area contributed by atoms with Gasteiger partial charge in [-0.1, -0.05) is 30.3 Å². The van der Waals surface area contributed by atoms with Crippen LogP contribution in [0.25, 0.3) is 10.6 Å². The van der Waals surface area contributed by atoms with Crippen molar-refractivity contribution >= 4 is 23.3 Å². The Bertz CT molecular complexity index is 678. The van der Waals surface area contributed by atoms with E-state index in [1.165, 1.54) is 16.2 Å². The van der Waals surface area contributed by atoms with Crippen LogP contribution in [0.2, 0.25) is 0 Å². The van der Waals surface area contributed by atoms with Gasteiger partial charge in [-0.25, -0.2) is 9.78 Å². The minimum atomic E-state index is -0.938. The first-order chi connectivity index (χ1) is 10.6. The van der Waals surface area contributed by atoms with Crippen molar-refractivity contribution in [1.82, 2.24) is 14.8 Å². The van der Waals surface area contributed by atoms with Crippen LogP contribution in [0, 0.1) is 0 Å². The highest BCUT2D eigenvalue weighted by molar-refractivity contribution is 7.13. The fourth-order valence-corrected chi connectivity index (χ4v) is 3.15. The van der Waals surface area contributed by atoms with E-state index in [1.54, 1.807) is 10.3 Å². The Labute approximate surface area is 131 Å². The van der Waals surface area contributed by atoms with E-state index in [1.807, 2.05) is 30.3 Å². The van der Waals surface area contributed by atoms with Gasteiger partial charge in [0.15, 0.2) is 0 Å². The maximum atomic E-state index is 12.4. The molecule has 2 amide bonds. The minimum Gasteiger partial charge on any atom is -0.465 e. The van der Waals surface area contributed by atoms with E-state index in [0.717, 1.165) is 10.6 Å². The summed E-state index contributed by atoms with van der Waals surface area (Å²) in [5.41, 5.74) is 1.41. The van der Waals surface area contributed by atoms with Gasteiger partial charge in [-0.05, 0) is 0 Å². The Kier molecular flexibility index (Phi) is 4.06. The lowest BCUT2D eigenvalue weighted by molar-refractivity contribution is 0.0620. The van der Waals surface area contributed by atoms with E-state index < -0.39 is 6.09 Å². The van der Waals surface area contributed by atoms with E-state index in [4.69, 9.17) is 5.11 Å². The van der Waals surface area contributed by atoms with Crippen LogP contribution in [0.3, 0.4) is 0 Å². The zero-order valence-corrected chi connectivity index (χ0v) is 12.6. The molecule has 6 nitrogen and oxygen atoms in total. The molecule has 0 saturated carbocycles. The molecule has 1 saturated heterocycles. The fourth-order valence-electron chi connectivity index (χ4n) is 2.35. The number of carboxylic acid groups (broad SMARTS) is 1. The first kappa shape index (κ1) is 14.5. The summed E-state index contributed by atoms with van der Waals surface area (Å²) in [6.07, 6.45) is -0.938. The summed E-state index contributed by atoms with van der Waals surface area (Å²) < 4.78 is 0. The predicted molar refractivity (Wildman–Crippen MR) is 83.1 cm³/mol. The topological polar surface area (TPSA) is 73.7 Å². The van der Waals surface area contributed by atoms with Crippen molar-refractivity contribution in [2.75, 3.05) is 26.2 Å². The summed E-state index contributed by atoms with van der Waals surface area (Å²) >= 11 is 1.44. The number of rotatable bonds is 2. The second-order valence-corrected chi connectivity index (χ2v) is 5.82. The predicted octanol–water partition coefficient (Wildman–Crippen LogP) is 2.25. The molecule has 22 heavy (non-hydrogen) atoms. The quantitative estimate of drug-likeness (QED) is 0.922. The number of thiazole rings is 1. The Balaban J connectivity index is 1.69. The summed E-state index contributed by atoms with van der Waals surface area (Å²) in [7, 11) is 0. The molecule has 1 aliphatic rings. The van der Waals surface area contributed by atoms with Gasteiger partial charge in [-0.15, -0.1) is 11.3 Å². The average molecular weight is 317 g/mol. The molecule has 114 valence electrons. The molecule has 1 aromatic heterocycles. The molecule has 0 spiro atoms. The molecule has 0 aliphatic carbocycles. The average Bonchev–Trinajstić information content (AvgIpc) is 3.05. The number of carbonyl (C=O) groups excluding carboxylic acids is 1. The van der Waals surface area contributed by atoms with E-state index in [9.17, 15) is 9.59 Å². The Morgan fingerprint density at radius 2 is 1.68 bits per heavy atom. The molecule has 1 aliphatic heterocycles. The second kappa shape index (κ2) is 6.15. The molecule has 1 N–H and O–H groups in total. The van der Waals surface area contributed by atoms with Crippen molar-refractivity contribution in [2.24, 2.45) is 0 Å². The number of hydrogen-bond donors (Lipinski definition) is 1. The fraction of sp³-hybridized carbons (Fsp3) is 0.267. The van der Waals surface area contributed by atoms with Crippen LogP contribution in [0.4, 0.5) is 4.79 Å². The Morgan fingerprint density at radius 1 is 1.05 bits per heavy atom. The van der Waals surface area contributed by atoms with Crippen LogP contribution < -0.4 is 0 Å². The van der Waals surface area contributed by atoms with Gasteiger partial charge in [0, 0.05) is 37.1 Å².